The van der Waals surface area contributed by atoms with E-state index >= 15 is 0 Å². The zero-order valence-electron chi connectivity index (χ0n) is 19.4. The first-order valence-electron chi connectivity index (χ1n) is 12.1. The number of guanidine groups is 1. The Morgan fingerprint density at radius 3 is 2.27 bits per heavy atom. The van der Waals surface area contributed by atoms with Gasteiger partial charge in [-0.3, -0.25) is 9.89 Å². The van der Waals surface area contributed by atoms with Crippen molar-refractivity contribution in [3.05, 3.63) is 0 Å². The average molecular weight is 537 g/mol. The first-order chi connectivity index (χ1) is 14.3. The van der Waals surface area contributed by atoms with Gasteiger partial charge in [0.05, 0.1) is 6.10 Å². The lowest BCUT2D eigenvalue weighted by Gasteiger charge is -2.49. The molecular formula is C23H45IN4O2. The summed E-state index contributed by atoms with van der Waals surface area (Å²) in [6.07, 6.45) is 14.5. The molecule has 6 nitrogen and oxygen atoms in total. The number of piperidine rings is 2. The molecule has 0 radical (unpaired) electrons. The van der Waals surface area contributed by atoms with Crippen LogP contribution in [0.4, 0.5) is 0 Å². The number of hydrogen-bond donors (Lipinski definition) is 1. The summed E-state index contributed by atoms with van der Waals surface area (Å²) in [7, 11) is 3.68. The van der Waals surface area contributed by atoms with Gasteiger partial charge in [0.2, 0.25) is 0 Å². The summed E-state index contributed by atoms with van der Waals surface area (Å²) in [4.78, 5) is 9.89. The van der Waals surface area contributed by atoms with Gasteiger partial charge in [-0.2, -0.15) is 0 Å². The van der Waals surface area contributed by atoms with Crippen LogP contribution in [-0.2, 0) is 9.47 Å². The highest BCUT2D eigenvalue weighted by atomic mass is 127. The quantitative estimate of drug-likeness (QED) is 0.221. The van der Waals surface area contributed by atoms with Gasteiger partial charge in [0, 0.05) is 52.5 Å². The highest BCUT2D eigenvalue weighted by Crippen LogP contribution is 2.35. The Morgan fingerprint density at radius 2 is 1.63 bits per heavy atom. The summed E-state index contributed by atoms with van der Waals surface area (Å²) in [5, 5.41) is 3.80. The average Bonchev–Trinajstić information content (AvgIpc) is 2.79. The number of ether oxygens (including phenoxy) is 2. The second-order valence-electron chi connectivity index (χ2n) is 9.14. The molecule has 0 aromatic heterocycles. The van der Waals surface area contributed by atoms with Gasteiger partial charge in [-0.05, 0) is 58.0 Å². The molecule has 0 unspecified atom stereocenters. The van der Waals surface area contributed by atoms with Crippen LogP contribution in [0, 0.1) is 0 Å². The highest BCUT2D eigenvalue weighted by Gasteiger charge is 2.38. The molecule has 0 spiro atoms. The van der Waals surface area contributed by atoms with Gasteiger partial charge in [-0.1, -0.05) is 25.7 Å². The SMILES string of the molecule is CN=C(NCC1(N2CCCCC2)CCCCC1)N1CCC(OCCCOC)CC1.I. The smallest absolute Gasteiger partial charge is 0.193 e. The summed E-state index contributed by atoms with van der Waals surface area (Å²) in [5.74, 6) is 1.09. The Hall–Kier alpha value is -0.120. The number of rotatable bonds is 8. The highest BCUT2D eigenvalue weighted by molar-refractivity contribution is 14.0. The largest absolute Gasteiger partial charge is 0.385 e. The monoisotopic (exact) mass is 536 g/mol. The van der Waals surface area contributed by atoms with Crippen LogP contribution in [0.15, 0.2) is 4.99 Å². The number of halogens is 1. The minimum Gasteiger partial charge on any atom is -0.385 e. The van der Waals surface area contributed by atoms with E-state index < -0.39 is 0 Å². The van der Waals surface area contributed by atoms with Crippen molar-refractivity contribution in [3.8, 4) is 0 Å². The van der Waals surface area contributed by atoms with Crippen LogP contribution in [0.25, 0.3) is 0 Å². The molecular weight excluding hydrogens is 491 g/mol. The number of likely N-dealkylation sites (tertiary alicyclic amines) is 2. The second kappa shape index (κ2) is 14.1. The molecule has 1 aliphatic carbocycles. The molecule has 2 saturated heterocycles. The van der Waals surface area contributed by atoms with Gasteiger partial charge in [-0.15, -0.1) is 24.0 Å². The summed E-state index contributed by atoms with van der Waals surface area (Å²) >= 11 is 0. The lowest BCUT2D eigenvalue weighted by atomic mass is 9.79. The lowest BCUT2D eigenvalue weighted by Crippen LogP contribution is -2.59. The molecule has 0 amide bonds. The van der Waals surface area contributed by atoms with Gasteiger partial charge in [0.15, 0.2) is 5.96 Å². The lowest BCUT2D eigenvalue weighted by molar-refractivity contribution is 0.00920. The van der Waals surface area contributed by atoms with Crippen LogP contribution in [0.5, 0.6) is 0 Å². The van der Waals surface area contributed by atoms with E-state index in [9.17, 15) is 0 Å². The third-order valence-electron chi connectivity index (χ3n) is 7.19. The van der Waals surface area contributed by atoms with Gasteiger partial charge in [0.25, 0.3) is 0 Å². The van der Waals surface area contributed by atoms with Crippen molar-refractivity contribution >= 4 is 29.9 Å². The molecule has 0 atom stereocenters. The predicted octanol–water partition coefficient (Wildman–Crippen LogP) is 3.89. The number of methoxy groups -OCH3 is 1. The van der Waals surface area contributed by atoms with Crippen molar-refractivity contribution in [1.29, 1.82) is 0 Å². The number of nitrogens with zero attached hydrogens (tertiary/aromatic N) is 3. The molecule has 0 bridgehead atoms. The zero-order chi connectivity index (χ0) is 20.4. The normalized spacial score (nSPS) is 23.8. The van der Waals surface area contributed by atoms with E-state index in [1.807, 2.05) is 7.05 Å². The molecule has 2 heterocycles. The predicted molar refractivity (Wildman–Crippen MR) is 135 cm³/mol. The Labute approximate surface area is 201 Å². The molecule has 2 aliphatic heterocycles. The number of aliphatic imine (C=N–C) groups is 1. The molecule has 30 heavy (non-hydrogen) atoms. The molecule has 0 aromatic carbocycles. The van der Waals surface area contributed by atoms with E-state index in [0.717, 1.165) is 58.1 Å². The topological polar surface area (TPSA) is 49.3 Å². The minimum absolute atomic E-state index is 0. The Balaban J connectivity index is 0.00000320. The second-order valence-corrected chi connectivity index (χ2v) is 9.14. The van der Waals surface area contributed by atoms with Gasteiger partial charge >= 0.3 is 0 Å². The van der Waals surface area contributed by atoms with Crippen molar-refractivity contribution < 1.29 is 9.47 Å². The van der Waals surface area contributed by atoms with E-state index in [1.165, 1.54) is 64.5 Å². The van der Waals surface area contributed by atoms with Crippen LogP contribution in [0.3, 0.4) is 0 Å². The van der Waals surface area contributed by atoms with Crippen molar-refractivity contribution in [1.82, 2.24) is 15.1 Å². The van der Waals surface area contributed by atoms with Gasteiger partial charge in [0.1, 0.15) is 0 Å². The van der Waals surface area contributed by atoms with E-state index in [2.05, 4.69) is 20.1 Å². The molecule has 3 aliphatic rings. The number of nitrogens with one attached hydrogen (secondary N) is 1. The molecule has 176 valence electrons. The first kappa shape index (κ1) is 26.1. The molecule has 3 rings (SSSR count). The van der Waals surface area contributed by atoms with Crippen molar-refractivity contribution in [2.24, 2.45) is 4.99 Å². The summed E-state index contributed by atoms with van der Waals surface area (Å²) < 4.78 is 11.1. The van der Waals surface area contributed by atoms with Crippen LogP contribution < -0.4 is 5.32 Å². The van der Waals surface area contributed by atoms with Crippen molar-refractivity contribution in [3.63, 3.8) is 0 Å². The molecule has 3 fully saturated rings. The molecule has 1 N–H and O–H groups in total. The zero-order valence-corrected chi connectivity index (χ0v) is 21.7. The van der Waals surface area contributed by atoms with Crippen LogP contribution >= 0.6 is 24.0 Å². The third kappa shape index (κ3) is 7.48. The third-order valence-corrected chi connectivity index (χ3v) is 7.19. The number of hydrogen-bond acceptors (Lipinski definition) is 4. The standard InChI is InChI=1S/C23H44N4O2.HI/c1-24-22(26-16-10-21(11-17-26)29-19-9-18-28-2)25-20-23(12-5-3-6-13-23)27-14-7-4-8-15-27;/h21H,3-20H2,1-2H3,(H,24,25);1H. The van der Waals surface area contributed by atoms with Crippen LogP contribution in [-0.4, -0.2) is 87.5 Å². The molecule has 1 saturated carbocycles. The van der Waals surface area contributed by atoms with Gasteiger partial charge < -0.3 is 19.7 Å². The fraction of sp³-hybridized carbons (Fsp3) is 0.957. The summed E-state index contributed by atoms with van der Waals surface area (Å²) in [5.41, 5.74) is 0.345. The van der Waals surface area contributed by atoms with Crippen LogP contribution in [0.2, 0.25) is 0 Å². The molecule has 0 aromatic rings. The van der Waals surface area contributed by atoms with Crippen LogP contribution in [0.1, 0.15) is 70.6 Å². The maximum atomic E-state index is 6.02. The first-order valence-corrected chi connectivity index (χ1v) is 12.1. The van der Waals surface area contributed by atoms with E-state index in [1.54, 1.807) is 7.11 Å². The van der Waals surface area contributed by atoms with Crippen molar-refractivity contribution in [2.45, 2.75) is 82.3 Å². The minimum atomic E-state index is 0. The maximum absolute atomic E-state index is 6.02. The fourth-order valence-electron chi connectivity index (χ4n) is 5.45. The van der Waals surface area contributed by atoms with E-state index in [-0.39, 0.29) is 24.0 Å². The van der Waals surface area contributed by atoms with Gasteiger partial charge in [-0.25, -0.2) is 0 Å². The molecule has 7 heteroatoms. The summed E-state index contributed by atoms with van der Waals surface area (Å²) in [6.45, 7) is 7.28. The van der Waals surface area contributed by atoms with Crippen molar-refractivity contribution in [2.75, 3.05) is 60.1 Å². The van der Waals surface area contributed by atoms with E-state index in [4.69, 9.17) is 9.47 Å². The fourth-order valence-corrected chi connectivity index (χ4v) is 5.45. The Morgan fingerprint density at radius 1 is 0.967 bits per heavy atom. The van der Waals surface area contributed by atoms with E-state index in [0.29, 0.717) is 11.6 Å². The Kier molecular flexibility index (Phi) is 12.3. The summed E-state index contributed by atoms with van der Waals surface area (Å²) in [6, 6.07) is 0. The maximum Gasteiger partial charge on any atom is 0.193 e. The Bertz CT molecular complexity index is 486.